The number of nitrogens with one attached hydrogen (secondary N) is 2. The number of aromatic amines is 1. The molecule has 36 heavy (non-hydrogen) atoms. The van der Waals surface area contributed by atoms with Crippen LogP contribution < -0.4 is 10.1 Å². The summed E-state index contributed by atoms with van der Waals surface area (Å²) >= 11 is 0. The molecule has 9 nitrogen and oxygen atoms in total. The Hall–Kier alpha value is -4.16. The minimum Gasteiger partial charge on any atom is -0.490 e. The molecular weight excluding hydrogens is 458 g/mol. The van der Waals surface area contributed by atoms with Gasteiger partial charge in [-0.05, 0) is 80.6 Å². The third-order valence-electron chi connectivity index (χ3n) is 7.00. The van der Waals surface area contributed by atoms with Crippen LogP contribution >= 0.6 is 0 Å². The molecule has 1 aliphatic heterocycles. The number of hydrogen-bond acceptors (Lipinski definition) is 7. The lowest BCUT2D eigenvalue weighted by Gasteiger charge is -2.22. The molecule has 3 N–H and O–H groups in total. The van der Waals surface area contributed by atoms with Crippen LogP contribution in [0.4, 0.5) is 0 Å². The van der Waals surface area contributed by atoms with Crippen molar-refractivity contribution in [2.24, 2.45) is 0 Å². The van der Waals surface area contributed by atoms with Gasteiger partial charge in [0.05, 0.1) is 30.2 Å². The molecule has 1 unspecified atom stereocenters. The number of rotatable bonds is 6. The van der Waals surface area contributed by atoms with Crippen LogP contribution in [0.3, 0.4) is 0 Å². The molecule has 0 bridgehead atoms. The van der Waals surface area contributed by atoms with Crippen LogP contribution in [-0.2, 0) is 11.2 Å². The highest BCUT2D eigenvalue weighted by atomic mass is 16.5. The number of carboxylic acid groups (broad SMARTS) is 1. The number of carbonyl (C=O) groups is 1. The fourth-order valence-electron chi connectivity index (χ4n) is 5.31. The van der Waals surface area contributed by atoms with Crippen LogP contribution in [0.5, 0.6) is 5.75 Å². The summed E-state index contributed by atoms with van der Waals surface area (Å²) < 4.78 is 11.7. The van der Waals surface area contributed by atoms with Gasteiger partial charge in [-0.2, -0.15) is 10.2 Å². The molecule has 4 aromatic rings. The Balaban J connectivity index is 1.32. The van der Waals surface area contributed by atoms with Crippen molar-refractivity contribution < 1.29 is 19.2 Å². The van der Waals surface area contributed by atoms with Gasteiger partial charge in [0.2, 0.25) is 5.82 Å². The first kappa shape index (κ1) is 22.3. The van der Waals surface area contributed by atoms with Crippen LogP contribution in [-0.4, -0.2) is 38.8 Å². The molecule has 6 rings (SSSR count). The molecule has 3 heterocycles. The molecule has 9 heteroatoms. The first-order valence-electron chi connectivity index (χ1n) is 12.2. The van der Waals surface area contributed by atoms with Gasteiger partial charge in [0.25, 0.3) is 5.89 Å². The number of nitriles is 1. The van der Waals surface area contributed by atoms with Crippen molar-refractivity contribution in [3.05, 3.63) is 53.2 Å². The minimum absolute atomic E-state index is 0.0229. The van der Waals surface area contributed by atoms with Crippen molar-refractivity contribution in [2.75, 3.05) is 6.54 Å². The zero-order valence-electron chi connectivity index (χ0n) is 19.6. The second-order valence-electron chi connectivity index (χ2n) is 9.44. The molecule has 0 spiro atoms. The van der Waals surface area contributed by atoms with Crippen LogP contribution in [0.1, 0.15) is 55.0 Å². The van der Waals surface area contributed by atoms with Gasteiger partial charge >= 0.3 is 5.97 Å². The zero-order chi connectivity index (χ0) is 24.6. The average molecular weight is 484 g/mol. The van der Waals surface area contributed by atoms with E-state index in [9.17, 15) is 15.2 Å². The topological polar surface area (TPSA) is 137 Å². The van der Waals surface area contributed by atoms with Gasteiger partial charge in [-0.15, -0.1) is 0 Å². The van der Waals surface area contributed by atoms with E-state index in [1.54, 1.807) is 12.1 Å². The van der Waals surface area contributed by atoms with E-state index in [-0.39, 0.29) is 18.6 Å². The predicted molar refractivity (Wildman–Crippen MR) is 131 cm³/mol. The largest absolute Gasteiger partial charge is 0.490 e. The normalized spacial score (nSPS) is 17.7. The molecule has 0 radical (unpaired) electrons. The number of aromatic nitrogens is 3. The van der Waals surface area contributed by atoms with Gasteiger partial charge in [-0.1, -0.05) is 5.16 Å². The van der Waals surface area contributed by atoms with Crippen molar-refractivity contribution in [3.8, 4) is 34.7 Å². The Kier molecular flexibility index (Phi) is 5.66. The van der Waals surface area contributed by atoms with Gasteiger partial charge in [-0.25, -0.2) is 0 Å². The van der Waals surface area contributed by atoms with Crippen molar-refractivity contribution in [3.63, 3.8) is 0 Å². The van der Waals surface area contributed by atoms with Crippen LogP contribution in [0.25, 0.3) is 33.7 Å². The first-order chi connectivity index (χ1) is 17.6. The maximum absolute atomic E-state index is 11.3. The summed E-state index contributed by atoms with van der Waals surface area (Å²) in [7, 11) is 0. The number of fused-ring (bicyclic) bond motifs is 3. The highest BCUT2D eigenvalue weighted by Crippen LogP contribution is 2.35. The van der Waals surface area contributed by atoms with Crippen molar-refractivity contribution in [1.82, 2.24) is 20.4 Å². The summed E-state index contributed by atoms with van der Waals surface area (Å²) in [6.07, 6.45) is 5.37. The maximum Gasteiger partial charge on any atom is 0.305 e. The Morgan fingerprint density at radius 3 is 2.86 bits per heavy atom. The number of carboxylic acids is 1. The lowest BCUT2D eigenvalue weighted by molar-refractivity contribution is -0.137. The molecule has 2 aromatic heterocycles. The number of aliphatic carboxylic acids is 1. The van der Waals surface area contributed by atoms with E-state index >= 15 is 0 Å². The zero-order valence-corrected chi connectivity index (χ0v) is 19.6. The van der Waals surface area contributed by atoms with E-state index in [2.05, 4.69) is 26.5 Å². The van der Waals surface area contributed by atoms with Gasteiger partial charge < -0.3 is 24.7 Å². The first-order valence-corrected chi connectivity index (χ1v) is 12.2. The monoisotopic (exact) mass is 483 g/mol. The molecule has 182 valence electrons. The highest BCUT2D eigenvalue weighted by Gasteiger charge is 2.26. The number of H-pyrrole nitrogens is 1. The van der Waals surface area contributed by atoms with Crippen LogP contribution in [0.15, 0.2) is 40.9 Å². The van der Waals surface area contributed by atoms with E-state index < -0.39 is 5.97 Å². The SMILES string of the molecule is N#Cc1cc(OC2CCCC2)cc(-c2nc(-c3ccc4[nH]c5c(c4c3)CCNC5CC(=O)O)no2)c1. The molecule has 1 fully saturated rings. The summed E-state index contributed by atoms with van der Waals surface area (Å²) in [6.45, 7) is 0.717. The van der Waals surface area contributed by atoms with E-state index in [0.717, 1.165) is 66.4 Å². The average Bonchev–Trinajstić information content (AvgIpc) is 3.63. The molecule has 2 aliphatic rings. The Morgan fingerprint density at radius 1 is 1.19 bits per heavy atom. The summed E-state index contributed by atoms with van der Waals surface area (Å²) in [5, 5.41) is 27.3. The molecule has 0 saturated heterocycles. The standard InChI is InChI=1S/C27H25N5O4/c28-14-15-9-17(11-19(10-15)35-18-3-1-2-4-18)27-31-26(32-36-27)16-5-6-22-21(12-16)20-7-8-29-23(13-24(33)34)25(20)30-22/h5-6,9-12,18,23,29-30H,1-4,7-8,13H2,(H,33,34). The fraction of sp³-hybridized carbons (Fsp3) is 0.333. The van der Waals surface area contributed by atoms with Crippen LogP contribution in [0, 0.1) is 11.3 Å². The molecule has 1 aliphatic carbocycles. The highest BCUT2D eigenvalue weighted by molar-refractivity contribution is 5.89. The number of hydrogen-bond donors (Lipinski definition) is 3. The quantitative estimate of drug-likeness (QED) is 0.358. The van der Waals surface area contributed by atoms with Gasteiger partial charge in [0, 0.05) is 27.7 Å². The van der Waals surface area contributed by atoms with Gasteiger partial charge in [0.1, 0.15) is 5.75 Å². The third kappa shape index (κ3) is 4.20. The smallest absolute Gasteiger partial charge is 0.305 e. The molecule has 1 saturated carbocycles. The maximum atomic E-state index is 11.3. The Morgan fingerprint density at radius 2 is 2.06 bits per heavy atom. The van der Waals surface area contributed by atoms with Crippen molar-refractivity contribution in [2.45, 2.75) is 50.7 Å². The lowest BCUT2D eigenvalue weighted by Crippen LogP contribution is -2.31. The summed E-state index contributed by atoms with van der Waals surface area (Å²) in [5.41, 5.74) is 4.91. The van der Waals surface area contributed by atoms with E-state index in [1.165, 1.54) is 0 Å². The number of nitrogens with zero attached hydrogens (tertiary/aromatic N) is 3. The molecule has 2 aromatic carbocycles. The van der Waals surface area contributed by atoms with Crippen molar-refractivity contribution >= 4 is 16.9 Å². The fourth-order valence-corrected chi connectivity index (χ4v) is 5.31. The summed E-state index contributed by atoms with van der Waals surface area (Å²) in [4.78, 5) is 19.3. The number of ether oxygens (including phenoxy) is 1. The van der Waals surface area contributed by atoms with E-state index in [4.69, 9.17) is 9.26 Å². The molecule has 1 atom stereocenters. The molecular formula is C27H25N5O4. The van der Waals surface area contributed by atoms with Crippen LogP contribution in [0.2, 0.25) is 0 Å². The van der Waals surface area contributed by atoms with Crippen molar-refractivity contribution in [1.29, 1.82) is 5.26 Å². The van der Waals surface area contributed by atoms with Gasteiger partial charge in [-0.3, -0.25) is 4.79 Å². The second kappa shape index (κ2) is 9.13. The number of benzene rings is 2. The van der Waals surface area contributed by atoms with E-state index in [1.807, 2.05) is 24.3 Å². The molecule has 0 amide bonds. The lowest BCUT2D eigenvalue weighted by atomic mass is 9.97. The summed E-state index contributed by atoms with van der Waals surface area (Å²) in [5.74, 6) is 0.565. The predicted octanol–water partition coefficient (Wildman–Crippen LogP) is 4.74. The van der Waals surface area contributed by atoms with Gasteiger partial charge in [0.15, 0.2) is 0 Å². The summed E-state index contributed by atoms with van der Waals surface area (Å²) in [6, 6.07) is 13.1. The second-order valence-corrected chi connectivity index (χ2v) is 9.44. The van der Waals surface area contributed by atoms with E-state index in [0.29, 0.717) is 28.6 Å². The Bertz CT molecular complexity index is 1490. The Labute approximate surface area is 207 Å². The minimum atomic E-state index is -0.837. The third-order valence-corrected chi connectivity index (χ3v) is 7.00.